The third-order valence-electron chi connectivity index (χ3n) is 4.54. The first-order chi connectivity index (χ1) is 11.2. The highest BCUT2D eigenvalue weighted by Crippen LogP contribution is 2.39. The molecule has 1 atom stereocenters. The van der Waals surface area contributed by atoms with Crippen LogP contribution in [-0.4, -0.2) is 30.6 Å². The Labute approximate surface area is 134 Å². The van der Waals surface area contributed by atoms with E-state index in [0.29, 0.717) is 25.5 Å². The van der Waals surface area contributed by atoms with Crippen LogP contribution in [0.5, 0.6) is 11.5 Å². The number of carbonyl (C=O) groups excluding carboxylic acids is 1. The molecule has 1 aromatic carbocycles. The van der Waals surface area contributed by atoms with Gasteiger partial charge in [-0.05, 0) is 48.7 Å². The molecular formula is C18H19NO4. The molecule has 0 N–H and O–H groups in total. The molecule has 0 unspecified atom stereocenters. The summed E-state index contributed by atoms with van der Waals surface area (Å²) in [5, 5.41) is 0. The third-order valence-corrected chi connectivity index (χ3v) is 4.54. The van der Waals surface area contributed by atoms with Crippen LogP contribution in [-0.2, 0) is 6.42 Å². The lowest BCUT2D eigenvalue weighted by Crippen LogP contribution is -2.38. The quantitative estimate of drug-likeness (QED) is 0.811. The Morgan fingerprint density at radius 2 is 2.00 bits per heavy atom. The smallest absolute Gasteiger partial charge is 0.290 e. The van der Waals surface area contributed by atoms with Crippen LogP contribution in [0.2, 0.25) is 0 Å². The van der Waals surface area contributed by atoms with Gasteiger partial charge in [0.15, 0.2) is 17.3 Å². The third kappa shape index (κ3) is 2.46. The predicted octanol–water partition coefficient (Wildman–Crippen LogP) is 3.20. The summed E-state index contributed by atoms with van der Waals surface area (Å²) in [4.78, 5) is 14.5. The van der Waals surface area contributed by atoms with E-state index in [0.717, 1.165) is 29.9 Å². The monoisotopic (exact) mass is 313 g/mol. The van der Waals surface area contributed by atoms with E-state index in [9.17, 15) is 4.79 Å². The highest BCUT2D eigenvalue weighted by Gasteiger charge is 2.31. The second-order valence-corrected chi connectivity index (χ2v) is 5.95. The maximum atomic E-state index is 12.6. The normalized spacial score (nSPS) is 19.9. The van der Waals surface area contributed by atoms with Crippen molar-refractivity contribution in [3.63, 3.8) is 0 Å². The van der Waals surface area contributed by atoms with Gasteiger partial charge in [-0.1, -0.05) is 0 Å². The number of fused-ring (bicyclic) bond motifs is 2. The van der Waals surface area contributed by atoms with E-state index in [-0.39, 0.29) is 11.9 Å². The zero-order chi connectivity index (χ0) is 15.8. The Kier molecular flexibility index (Phi) is 3.48. The maximum Gasteiger partial charge on any atom is 0.290 e. The minimum absolute atomic E-state index is 0.0199. The van der Waals surface area contributed by atoms with Crippen LogP contribution in [0.4, 0.5) is 0 Å². The molecular weight excluding hydrogens is 294 g/mol. The molecule has 0 saturated heterocycles. The van der Waals surface area contributed by atoms with E-state index in [4.69, 9.17) is 13.9 Å². The maximum absolute atomic E-state index is 12.6. The van der Waals surface area contributed by atoms with Crippen molar-refractivity contribution in [3.05, 3.63) is 47.4 Å². The first kappa shape index (κ1) is 14.2. The molecule has 2 aliphatic heterocycles. The molecule has 23 heavy (non-hydrogen) atoms. The lowest BCUT2D eigenvalue weighted by Gasteiger charge is -2.35. The van der Waals surface area contributed by atoms with Crippen molar-refractivity contribution < 1.29 is 18.7 Å². The summed E-state index contributed by atoms with van der Waals surface area (Å²) < 4.78 is 16.8. The van der Waals surface area contributed by atoms with Gasteiger partial charge in [0.1, 0.15) is 0 Å². The number of rotatable bonds is 1. The van der Waals surface area contributed by atoms with Gasteiger partial charge >= 0.3 is 0 Å². The number of ether oxygens (including phenoxy) is 2. The molecule has 5 heteroatoms. The number of hydrogen-bond donors (Lipinski definition) is 0. The molecule has 4 rings (SSSR count). The minimum atomic E-state index is -0.0692. The summed E-state index contributed by atoms with van der Waals surface area (Å²) in [5.41, 5.74) is 2.35. The van der Waals surface area contributed by atoms with Crippen molar-refractivity contribution in [1.29, 1.82) is 0 Å². The van der Waals surface area contributed by atoms with Crippen molar-refractivity contribution in [3.8, 4) is 11.5 Å². The van der Waals surface area contributed by atoms with Crippen molar-refractivity contribution >= 4 is 5.91 Å². The van der Waals surface area contributed by atoms with Gasteiger partial charge in [0.25, 0.3) is 5.91 Å². The van der Waals surface area contributed by atoms with Gasteiger partial charge in [0, 0.05) is 13.0 Å². The van der Waals surface area contributed by atoms with Crippen molar-refractivity contribution in [2.24, 2.45) is 0 Å². The fourth-order valence-corrected chi connectivity index (χ4v) is 3.29. The molecule has 5 nitrogen and oxygen atoms in total. The summed E-state index contributed by atoms with van der Waals surface area (Å²) in [6.45, 7) is 4.07. The first-order valence-electron chi connectivity index (χ1n) is 8.01. The van der Waals surface area contributed by atoms with Crippen LogP contribution in [0, 0.1) is 0 Å². The van der Waals surface area contributed by atoms with Crippen LogP contribution >= 0.6 is 0 Å². The van der Waals surface area contributed by atoms with E-state index < -0.39 is 0 Å². The number of hydrogen-bond acceptors (Lipinski definition) is 4. The molecule has 2 aliphatic rings. The Morgan fingerprint density at radius 3 is 2.74 bits per heavy atom. The van der Waals surface area contributed by atoms with Crippen LogP contribution < -0.4 is 9.47 Å². The SMILES string of the molecule is C[C@@H]1c2cc3c(cc2CCN1C(=O)c1ccco1)OCCCO3. The van der Waals surface area contributed by atoms with Crippen LogP contribution in [0.1, 0.15) is 41.1 Å². The molecule has 3 heterocycles. The molecule has 1 amide bonds. The van der Waals surface area contributed by atoms with Gasteiger partial charge < -0.3 is 18.8 Å². The van der Waals surface area contributed by atoms with Crippen molar-refractivity contribution in [1.82, 2.24) is 4.90 Å². The lowest BCUT2D eigenvalue weighted by molar-refractivity contribution is 0.0644. The minimum Gasteiger partial charge on any atom is -0.490 e. The van der Waals surface area contributed by atoms with Crippen LogP contribution in [0.3, 0.4) is 0 Å². The molecule has 0 fully saturated rings. The number of amides is 1. The van der Waals surface area contributed by atoms with E-state index in [2.05, 4.69) is 6.07 Å². The van der Waals surface area contributed by atoms with E-state index in [1.807, 2.05) is 17.9 Å². The fourth-order valence-electron chi connectivity index (χ4n) is 3.29. The Hall–Kier alpha value is -2.43. The van der Waals surface area contributed by atoms with Crippen molar-refractivity contribution in [2.45, 2.75) is 25.8 Å². The molecule has 0 spiro atoms. The summed E-state index contributed by atoms with van der Waals surface area (Å²) >= 11 is 0. The van der Waals surface area contributed by atoms with Crippen molar-refractivity contribution in [2.75, 3.05) is 19.8 Å². The summed E-state index contributed by atoms with van der Waals surface area (Å²) in [7, 11) is 0. The standard InChI is InChI=1S/C18H19NO4/c1-12-14-11-17-16(22-8-3-9-23-17)10-13(14)5-6-19(12)18(20)15-4-2-7-21-15/h2,4,7,10-12H,3,5-6,8-9H2,1H3/t12-/m1/s1. The Bertz CT molecular complexity index is 723. The topological polar surface area (TPSA) is 51.9 Å². The molecule has 1 aromatic heterocycles. The van der Waals surface area contributed by atoms with Gasteiger partial charge in [-0.2, -0.15) is 0 Å². The molecule has 0 bridgehead atoms. The number of benzene rings is 1. The van der Waals surface area contributed by atoms with E-state index >= 15 is 0 Å². The fraction of sp³-hybridized carbons (Fsp3) is 0.389. The van der Waals surface area contributed by atoms with Gasteiger partial charge in [0.05, 0.1) is 25.5 Å². The average molecular weight is 313 g/mol. The zero-order valence-corrected chi connectivity index (χ0v) is 13.1. The zero-order valence-electron chi connectivity index (χ0n) is 13.1. The second-order valence-electron chi connectivity index (χ2n) is 5.95. The second kappa shape index (κ2) is 5.65. The summed E-state index contributed by atoms with van der Waals surface area (Å²) in [6, 6.07) is 7.52. The van der Waals surface area contributed by atoms with Gasteiger partial charge in [-0.3, -0.25) is 4.79 Å². The number of carbonyl (C=O) groups is 1. The van der Waals surface area contributed by atoms with Crippen LogP contribution in [0.15, 0.2) is 34.9 Å². The highest BCUT2D eigenvalue weighted by atomic mass is 16.5. The van der Waals surface area contributed by atoms with E-state index in [1.54, 1.807) is 12.1 Å². The number of furan rings is 1. The Morgan fingerprint density at radius 1 is 1.22 bits per heavy atom. The van der Waals surface area contributed by atoms with Gasteiger partial charge in [0.2, 0.25) is 0 Å². The molecule has 2 aromatic rings. The number of nitrogens with zero attached hydrogens (tertiary/aromatic N) is 1. The average Bonchev–Trinajstić information content (AvgIpc) is 3.00. The lowest BCUT2D eigenvalue weighted by atomic mass is 9.92. The molecule has 0 radical (unpaired) electrons. The largest absolute Gasteiger partial charge is 0.490 e. The first-order valence-corrected chi connectivity index (χ1v) is 8.01. The van der Waals surface area contributed by atoms with Gasteiger partial charge in [-0.25, -0.2) is 0 Å². The predicted molar refractivity (Wildman–Crippen MR) is 83.9 cm³/mol. The molecule has 120 valence electrons. The highest BCUT2D eigenvalue weighted by molar-refractivity contribution is 5.92. The summed E-state index contributed by atoms with van der Waals surface area (Å²) in [5.74, 6) is 1.91. The molecule has 0 aliphatic carbocycles. The molecule has 0 saturated carbocycles. The van der Waals surface area contributed by atoms with Crippen LogP contribution in [0.25, 0.3) is 0 Å². The summed E-state index contributed by atoms with van der Waals surface area (Å²) in [6.07, 6.45) is 3.22. The van der Waals surface area contributed by atoms with Gasteiger partial charge in [-0.15, -0.1) is 0 Å². The Balaban J connectivity index is 1.67. The van der Waals surface area contributed by atoms with E-state index in [1.165, 1.54) is 11.8 Å².